The predicted octanol–water partition coefficient (Wildman–Crippen LogP) is 1.10. The molecule has 0 bridgehead atoms. The molecule has 0 radical (unpaired) electrons. The Kier molecular flexibility index (Phi) is 3.38. The van der Waals surface area contributed by atoms with Crippen molar-refractivity contribution in [3.05, 3.63) is 17.3 Å². The van der Waals surface area contributed by atoms with Crippen molar-refractivity contribution in [1.82, 2.24) is 4.98 Å². The van der Waals surface area contributed by atoms with Gasteiger partial charge in [-0.1, -0.05) is 0 Å². The van der Waals surface area contributed by atoms with Crippen LogP contribution in [0.1, 0.15) is 31.2 Å². The number of carbonyl (C=O) groups is 1. The Bertz CT molecular complexity index is 375. The molecule has 0 aliphatic rings. The van der Waals surface area contributed by atoms with Crippen LogP contribution in [0.15, 0.2) is 4.42 Å². The number of hydrogen-bond acceptors (Lipinski definition) is 5. The number of aliphatic hydroxyl groups is 1. The van der Waals surface area contributed by atoms with Crippen molar-refractivity contribution >= 4 is 5.97 Å². The molecule has 1 unspecified atom stereocenters. The van der Waals surface area contributed by atoms with Crippen LogP contribution in [0.5, 0.6) is 0 Å². The lowest BCUT2D eigenvalue weighted by Crippen LogP contribution is -2.40. The van der Waals surface area contributed by atoms with Crippen LogP contribution in [-0.2, 0) is 14.9 Å². The summed E-state index contributed by atoms with van der Waals surface area (Å²) >= 11 is 0. The monoisotopic (exact) mass is 227 g/mol. The van der Waals surface area contributed by atoms with Crippen LogP contribution in [0.3, 0.4) is 0 Å². The van der Waals surface area contributed by atoms with E-state index in [2.05, 4.69) is 9.72 Å². The number of carbonyl (C=O) groups excluding carboxylic acids is 1. The van der Waals surface area contributed by atoms with Gasteiger partial charge in [-0.05, 0) is 27.7 Å². The molecular formula is C11H17NO4. The van der Waals surface area contributed by atoms with E-state index in [9.17, 15) is 9.90 Å². The largest absolute Gasteiger partial charge is 0.467 e. The van der Waals surface area contributed by atoms with Gasteiger partial charge in [-0.3, -0.25) is 0 Å². The zero-order chi connectivity index (χ0) is 12.5. The van der Waals surface area contributed by atoms with Gasteiger partial charge in [0.25, 0.3) is 0 Å². The first-order valence-electron chi connectivity index (χ1n) is 5.01. The number of esters is 1. The molecule has 0 spiro atoms. The smallest absolute Gasteiger partial charge is 0.335 e. The van der Waals surface area contributed by atoms with Crippen molar-refractivity contribution in [1.29, 1.82) is 0 Å². The van der Waals surface area contributed by atoms with Gasteiger partial charge < -0.3 is 14.3 Å². The van der Waals surface area contributed by atoms with E-state index in [0.717, 1.165) is 5.69 Å². The van der Waals surface area contributed by atoms with Crippen LogP contribution in [-0.4, -0.2) is 29.3 Å². The topological polar surface area (TPSA) is 72.6 Å². The fourth-order valence-electron chi connectivity index (χ4n) is 1.27. The van der Waals surface area contributed by atoms with Crippen LogP contribution in [0.2, 0.25) is 0 Å². The van der Waals surface area contributed by atoms with Crippen molar-refractivity contribution in [3.8, 4) is 0 Å². The third-order valence-electron chi connectivity index (χ3n) is 2.69. The molecule has 0 saturated carbocycles. The fourth-order valence-corrected chi connectivity index (χ4v) is 1.27. The highest BCUT2D eigenvalue weighted by atomic mass is 16.5. The van der Waals surface area contributed by atoms with Gasteiger partial charge in [0.15, 0.2) is 6.10 Å². The van der Waals surface area contributed by atoms with Crippen LogP contribution in [0.25, 0.3) is 0 Å². The third kappa shape index (κ3) is 2.09. The Hall–Kier alpha value is -1.36. The average Bonchev–Trinajstić information content (AvgIpc) is 2.57. The molecule has 1 aromatic heterocycles. The fraction of sp³-hybridized carbons (Fsp3) is 0.636. The molecule has 1 rings (SSSR count). The summed E-state index contributed by atoms with van der Waals surface area (Å²) in [4.78, 5) is 15.5. The van der Waals surface area contributed by atoms with Gasteiger partial charge in [-0.15, -0.1) is 0 Å². The van der Waals surface area contributed by atoms with Crippen molar-refractivity contribution in [2.24, 2.45) is 0 Å². The number of methoxy groups -OCH3 is 1. The number of ether oxygens (including phenoxy) is 1. The highest BCUT2D eigenvalue weighted by Crippen LogP contribution is 2.28. The van der Waals surface area contributed by atoms with E-state index >= 15 is 0 Å². The van der Waals surface area contributed by atoms with Gasteiger partial charge in [-0.25, -0.2) is 9.78 Å². The van der Waals surface area contributed by atoms with Crippen LogP contribution in [0.4, 0.5) is 0 Å². The van der Waals surface area contributed by atoms with Gasteiger partial charge >= 0.3 is 5.97 Å². The van der Waals surface area contributed by atoms with Gasteiger partial charge in [0.05, 0.1) is 18.2 Å². The minimum Gasteiger partial charge on any atom is -0.467 e. The number of rotatable bonds is 3. The normalized spacial score (nSPS) is 13.6. The zero-order valence-electron chi connectivity index (χ0n) is 10.2. The molecule has 0 saturated heterocycles. The molecule has 90 valence electrons. The summed E-state index contributed by atoms with van der Waals surface area (Å²) < 4.78 is 9.91. The quantitative estimate of drug-likeness (QED) is 0.783. The van der Waals surface area contributed by atoms with E-state index in [0.29, 0.717) is 11.7 Å². The van der Waals surface area contributed by atoms with E-state index in [1.54, 1.807) is 20.8 Å². The Morgan fingerprint density at radius 2 is 2.06 bits per heavy atom. The molecule has 0 aliphatic carbocycles. The number of nitrogens with zero attached hydrogens (tertiary/aromatic N) is 1. The van der Waals surface area contributed by atoms with Gasteiger partial charge in [0.1, 0.15) is 5.76 Å². The van der Waals surface area contributed by atoms with Crippen molar-refractivity contribution in [3.63, 3.8) is 0 Å². The maximum absolute atomic E-state index is 11.3. The second-order valence-corrected chi connectivity index (χ2v) is 4.31. The number of oxazole rings is 1. The zero-order valence-corrected chi connectivity index (χ0v) is 10.2. The van der Waals surface area contributed by atoms with E-state index in [4.69, 9.17) is 4.42 Å². The molecule has 1 heterocycles. The standard InChI is InChI=1S/C11H17NO4/c1-6-7(2)16-10(12-6)11(3,4)8(13)9(14)15-5/h8,13H,1-5H3. The first-order valence-corrected chi connectivity index (χ1v) is 5.01. The summed E-state index contributed by atoms with van der Waals surface area (Å²) in [6.45, 7) is 6.95. The Morgan fingerprint density at radius 1 is 1.50 bits per heavy atom. The summed E-state index contributed by atoms with van der Waals surface area (Å²) in [7, 11) is 1.23. The second kappa shape index (κ2) is 4.25. The predicted molar refractivity (Wildman–Crippen MR) is 57.0 cm³/mol. The van der Waals surface area contributed by atoms with Crippen molar-refractivity contribution < 1.29 is 19.1 Å². The molecule has 0 fully saturated rings. The molecule has 1 atom stereocenters. The molecule has 0 amide bonds. The van der Waals surface area contributed by atoms with Gasteiger partial charge in [-0.2, -0.15) is 0 Å². The maximum atomic E-state index is 11.3. The van der Waals surface area contributed by atoms with E-state index in [1.165, 1.54) is 7.11 Å². The first kappa shape index (κ1) is 12.7. The van der Waals surface area contributed by atoms with Gasteiger partial charge in [0, 0.05) is 0 Å². The van der Waals surface area contributed by atoms with Crippen LogP contribution in [0, 0.1) is 13.8 Å². The average molecular weight is 227 g/mol. The first-order chi connectivity index (χ1) is 7.30. The van der Waals surface area contributed by atoms with Crippen molar-refractivity contribution in [2.75, 3.05) is 7.11 Å². The minimum absolute atomic E-state index is 0.334. The highest BCUT2D eigenvalue weighted by Gasteiger charge is 2.40. The second-order valence-electron chi connectivity index (χ2n) is 4.31. The van der Waals surface area contributed by atoms with Crippen molar-refractivity contribution in [2.45, 2.75) is 39.2 Å². The lowest BCUT2D eigenvalue weighted by Gasteiger charge is -2.24. The molecule has 0 aromatic carbocycles. The number of aryl methyl sites for hydroxylation is 2. The summed E-state index contributed by atoms with van der Waals surface area (Å²) in [6.07, 6.45) is -1.30. The minimum atomic E-state index is -1.30. The Labute approximate surface area is 94.4 Å². The van der Waals surface area contributed by atoms with E-state index in [-0.39, 0.29) is 0 Å². The van der Waals surface area contributed by atoms with Gasteiger partial charge in [0.2, 0.25) is 5.89 Å². The third-order valence-corrected chi connectivity index (χ3v) is 2.69. The summed E-state index contributed by atoms with van der Waals surface area (Å²) in [5.41, 5.74) is -0.160. The SMILES string of the molecule is COC(=O)C(O)C(C)(C)c1nc(C)c(C)o1. The summed E-state index contributed by atoms with van der Waals surface area (Å²) in [5.74, 6) is 0.319. The summed E-state index contributed by atoms with van der Waals surface area (Å²) in [5, 5.41) is 9.82. The molecule has 1 N–H and O–H groups in total. The molecule has 5 nitrogen and oxygen atoms in total. The number of aliphatic hydroxyl groups excluding tert-OH is 1. The maximum Gasteiger partial charge on any atom is 0.335 e. The van der Waals surface area contributed by atoms with E-state index in [1.807, 2.05) is 6.92 Å². The molecule has 1 aromatic rings. The Morgan fingerprint density at radius 3 is 2.44 bits per heavy atom. The van der Waals surface area contributed by atoms with Crippen LogP contribution < -0.4 is 0 Å². The molecule has 16 heavy (non-hydrogen) atoms. The lowest BCUT2D eigenvalue weighted by atomic mass is 9.86. The lowest BCUT2D eigenvalue weighted by molar-refractivity contribution is -0.154. The van der Waals surface area contributed by atoms with Crippen LogP contribution >= 0.6 is 0 Å². The number of aromatic nitrogens is 1. The molecule has 5 heteroatoms. The van der Waals surface area contributed by atoms with E-state index < -0.39 is 17.5 Å². The Balaban J connectivity index is 3.05. The number of hydrogen-bond donors (Lipinski definition) is 1. The molecular weight excluding hydrogens is 210 g/mol. The molecule has 0 aliphatic heterocycles. The summed E-state index contributed by atoms with van der Waals surface area (Å²) in [6, 6.07) is 0. The highest BCUT2D eigenvalue weighted by molar-refractivity contribution is 5.76.